The molecule has 168 valence electrons. The van der Waals surface area contributed by atoms with Crippen molar-refractivity contribution in [2.75, 3.05) is 26.2 Å². The lowest BCUT2D eigenvalue weighted by Crippen LogP contribution is -2.54. The van der Waals surface area contributed by atoms with Crippen LogP contribution >= 0.6 is 15.9 Å². The third kappa shape index (κ3) is 6.99. The van der Waals surface area contributed by atoms with E-state index in [1.807, 2.05) is 6.92 Å². The fourth-order valence-corrected chi connectivity index (χ4v) is 4.64. The molecule has 1 unspecified atom stereocenters. The van der Waals surface area contributed by atoms with Gasteiger partial charge >= 0.3 is 0 Å². The van der Waals surface area contributed by atoms with Gasteiger partial charge in [0.2, 0.25) is 0 Å². The van der Waals surface area contributed by atoms with E-state index in [0.717, 1.165) is 5.56 Å². The lowest BCUT2D eigenvalue weighted by molar-refractivity contribution is -0.138. The van der Waals surface area contributed by atoms with Crippen LogP contribution in [0.15, 0.2) is 46.9 Å². The molecule has 3 rings (SSSR count). The van der Waals surface area contributed by atoms with Gasteiger partial charge in [-0.1, -0.05) is 28.1 Å². The smallest absolute Gasteiger partial charge is 0.269 e. The monoisotopic (exact) mass is 514 g/mol. The summed E-state index contributed by atoms with van der Waals surface area (Å²) in [6.07, 6.45) is 0. The van der Waals surface area contributed by atoms with Crippen LogP contribution in [0.1, 0.15) is 18.1 Å². The molecule has 0 bridgehead atoms. The second-order valence-corrected chi connectivity index (χ2v) is 9.93. The molecule has 1 atom stereocenters. The van der Waals surface area contributed by atoms with Gasteiger partial charge in [0, 0.05) is 42.3 Å². The Morgan fingerprint density at radius 3 is 2.58 bits per heavy atom. The number of halogens is 2. The van der Waals surface area contributed by atoms with Crippen LogP contribution in [0, 0.1) is 5.82 Å². The first-order chi connectivity index (χ1) is 14.6. The molecule has 31 heavy (non-hydrogen) atoms. The van der Waals surface area contributed by atoms with Crippen LogP contribution in [-0.4, -0.2) is 61.0 Å². The summed E-state index contributed by atoms with van der Waals surface area (Å²) < 4.78 is 51.0. The Kier molecular flexibility index (Phi) is 7.68. The van der Waals surface area contributed by atoms with Crippen LogP contribution in [0.5, 0.6) is 5.75 Å². The molecule has 2 aromatic rings. The van der Waals surface area contributed by atoms with Crippen LogP contribution in [0.4, 0.5) is 4.39 Å². The molecule has 1 heterocycles. The quantitative estimate of drug-likeness (QED) is 0.571. The van der Waals surface area contributed by atoms with Gasteiger partial charge in [-0.25, -0.2) is 4.39 Å². The van der Waals surface area contributed by atoms with E-state index in [4.69, 9.17) is 9.29 Å². The van der Waals surface area contributed by atoms with Crippen molar-refractivity contribution >= 4 is 32.0 Å². The Hall–Kier alpha value is -2.01. The minimum atomic E-state index is -4.24. The summed E-state index contributed by atoms with van der Waals surface area (Å²) in [5.74, 6) is -0.835. The van der Waals surface area contributed by atoms with Gasteiger partial charge in [-0.2, -0.15) is 8.42 Å². The number of carbonyl (C=O) groups is 1. The zero-order valence-electron chi connectivity index (χ0n) is 17.0. The number of hydrogen-bond acceptors (Lipinski definition) is 5. The molecule has 7 nitrogen and oxygen atoms in total. The van der Waals surface area contributed by atoms with Gasteiger partial charge in [0.15, 0.2) is 6.61 Å². The van der Waals surface area contributed by atoms with E-state index in [1.54, 1.807) is 29.2 Å². The van der Waals surface area contributed by atoms with Gasteiger partial charge in [0.25, 0.3) is 16.0 Å². The van der Waals surface area contributed by atoms with Gasteiger partial charge in [-0.05, 0) is 42.8 Å². The molecule has 0 radical (unpaired) electrons. The molecule has 1 aliphatic rings. The average Bonchev–Trinajstić information content (AvgIpc) is 2.68. The minimum absolute atomic E-state index is 0.0347. The second kappa shape index (κ2) is 10.1. The van der Waals surface area contributed by atoms with Crippen molar-refractivity contribution in [3.63, 3.8) is 0 Å². The van der Waals surface area contributed by atoms with Crippen molar-refractivity contribution in [3.05, 3.63) is 63.9 Å². The normalized spacial score (nSPS) is 17.5. The molecule has 2 aromatic carbocycles. The molecule has 0 spiro atoms. The number of piperazine rings is 1. The van der Waals surface area contributed by atoms with Crippen LogP contribution < -0.4 is 4.74 Å². The summed E-state index contributed by atoms with van der Waals surface area (Å²) >= 11 is 3.26. The fraction of sp³-hybridized carbons (Fsp3) is 0.381. The summed E-state index contributed by atoms with van der Waals surface area (Å²) in [7, 11) is -4.24. The average molecular weight is 515 g/mol. The number of nitrogens with zero attached hydrogens (tertiary/aromatic N) is 2. The highest BCUT2D eigenvalue weighted by Gasteiger charge is 2.28. The first-order valence-electron chi connectivity index (χ1n) is 9.73. The van der Waals surface area contributed by atoms with Crippen molar-refractivity contribution in [2.45, 2.75) is 25.3 Å². The van der Waals surface area contributed by atoms with Crippen molar-refractivity contribution in [1.29, 1.82) is 0 Å². The van der Waals surface area contributed by atoms with Crippen LogP contribution in [0.2, 0.25) is 0 Å². The standard InChI is InChI=1S/C21H24BrFN2O5S/c1-15-11-24(12-16-2-5-19(23)6-3-16)8-9-25(15)21(26)13-30-20-7-4-18(22)10-17(20)14-31(27,28)29/h2-7,10,15H,8-9,11-14H2,1H3,(H,27,28,29). The lowest BCUT2D eigenvalue weighted by Gasteiger charge is -2.39. The second-order valence-electron chi connectivity index (χ2n) is 7.56. The van der Waals surface area contributed by atoms with E-state index in [9.17, 15) is 17.6 Å². The maximum absolute atomic E-state index is 13.1. The number of hydrogen-bond donors (Lipinski definition) is 1. The molecular weight excluding hydrogens is 491 g/mol. The Labute approximate surface area is 189 Å². The highest BCUT2D eigenvalue weighted by Crippen LogP contribution is 2.25. The van der Waals surface area contributed by atoms with Crippen LogP contribution in [0.3, 0.4) is 0 Å². The lowest BCUT2D eigenvalue weighted by atomic mass is 10.1. The van der Waals surface area contributed by atoms with E-state index in [-0.39, 0.29) is 35.7 Å². The molecule has 1 aliphatic heterocycles. The summed E-state index contributed by atoms with van der Waals surface area (Å²) in [5, 5.41) is 0. The van der Waals surface area contributed by atoms with E-state index < -0.39 is 15.9 Å². The molecular formula is C21H24BrFN2O5S. The van der Waals surface area contributed by atoms with Crippen LogP contribution in [-0.2, 0) is 27.2 Å². The fourth-order valence-electron chi connectivity index (χ4n) is 3.62. The maximum atomic E-state index is 13.1. The van der Waals surface area contributed by atoms with E-state index in [2.05, 4.69) is 20.8 Å². The van der Waals surface area contributed by atoms with Crippen molar-refractivity contribution in [2.24, 2.45) is 0 Å². The van der Waals surface area contributed by atoms with Crippen molar-refractivity contribution in [3.8, 4) is 5.75 Å². The van der Waals surface area contributed by atoms with E-state index in [0.29, 0.717) is 30.7 Å². The van der Waals surface area contributed by atoms with Crippen molar-refractivity contribution in [1.82, 2.24) is 9.80 Å². The number of rotatable bonds is 7. The number of benzene rings is 2. The van der Waals surface area contributed by atoms with E-state index >= 15 is 0 Å². The summed E-state index contributed by atoms with van der Waals surface area (Å²) in [5.41, 5.74) is 1.28. The summed E-state index contributed by atoms with van der Waals surface area (Å²) in [4.78, 5) is 16.7. The van der Waals surface area contributed by atoms with Gasteiger partial charge in [0.05, 0.1) is 0 Å². The predicted molar refractivity (Wildman–Crippen MR) is 118 cm³/mol. The zero-order chi connectivity index (χ0) is 22.6. The zero-order valence-corrected chi connectivity index (χ0v) is 19.4. The van der Waals surface area contributed by atoms with Gasteiger partial charge in [-0.3, -0.25) is 14.2 Å². The molecule has 1 amide bonds. The van der Waals surface area contributed by atoms with Crippen LogP contribution in [0.25, 0.3) is 0 Å². The Morgan fingerprint density at radius 1 is 1.23 bits per heavy atom. The van der Waals surface area contributed by atoms with Gasteiger partial charge < -0.3 is 9.64 Å². The molecule has 0 aliphatic carbocycles. The molecule has 1 saturated heterocycles. The first-order valence-corrected chi connectivity index (χ1v) is 12.1. The third-order valence-corrected chi connectivity index (χ3v) is 6.23. The Bertz CT molecular complexity index is 1030. The minimum Gasteiger partial charge on any atom is -0.483 e. The van der Waals surface area contributed by atoms with E-state index in [1.165, 1.54) is 18.2 Å². The highest BCUT2D eigenvalue weighted by molar-refractivity contribution is 9.10. The predicted octanol–water partition coefficient (Wildman–Crippen LogP) is 3.09. The molecule has 0 aromatic heterocycles. The highest BCUT2D eigenvalue weighted by atomic mass is 79.9. The van der Waals surface area contributed by atoms with Gasteiger partial charge in [0.1, 0.15) is 17.3 Å². The molecule has 1 fully saturated rings. The third-order valence-electron chi connectivity index (χ3n) is 5.06. The molecule has 1 N–H and O–H groups in total. The van der Waals surface area contributed by atoms with Gasteiger partial charge in [-0.15, -0.1) is 0 Å². The maximum Gasteiger partial charge on any atom is 0.269 e. The number of ether oxygens (including phenoxy) is 1. The summed E-state index contributed by atoms with van der Waals surface area (Å²) in [6.45, 7) is 4.29. The topological polar surface area (TPSA) is 87.2 Å². The molecule has 0 saturated carbocycles. The number of amides is 1. The SMILES string of the molecule is CC1CN(Cc2ccc(F)cc2)CCN1C(=O)COc1ccc(Br)cc1CS(=O)(=O)O. The Morgan fingerprint density at radius 2 is 1.94 bits per heavy atom. The molecule has 10 heteroatoms. The Balaban J connectivity index is 1.56. The summed E-state index contributed by atoms with van der Waals surface area (Å²) in [6, 6.07) is 11.1. The first kappa shape index (κ1) is 23.6. The largest absolute Gasteiger partial charge is 0.483 e. The van der Waals surface area contributed by atoms with Crippen molar-refractivity contribution < 1.29 is 26.9 Å². The number of carbonyl (C=O) groups excluding carboxylic acids is 1.